The zero-order chi connectivity index (χ0) is 24.8. The molecule has 1 fully saturated rings. The van der Waals surface area contributed by atoms with Crippen molar-refractivity contribution in [2.24, 2.45) is 0 Å². The number of allylic oxidation sites excluding steroid dienone is 1. The third kappa shape index (κ3) is 4.43. The topological polar surface area (TPSA) is 81.8 Å². The first-order valence-electron chi connectivity index (χ1n) is 10.9. The lowest BCUT2D eigenvalue weighted by molar-refractivity contribution is -0.127. The normalized spacial score (nSPS) is 18.1. The number of benzene rings is 2. The van der Waals surface area contributed by atoms with Gasteiger partial charge in [-0.2, -0.15) is 0 Å². The van der Waals surface area contributed by atoms with Gasteiger partial charge in [0, 0.05) is 29.0 Å². The van der Waals surface area contributed by atoms with E-state index in [4.69, 9.17) is 11.6 Å². The molecule has 0 spiro atoms. The van der Waals surface area contributed by atoms with E-state index in [-0.39, 0.29) is 11.2 Å². The van der Waals surface area contributed by atoms with E-state index in [0.717, 1.165) is 27.3 Å². The van der Waals surface area contributed by atoms with Crippen molar-refractivity contribution in [3.05, 3.63) is 69.9 Å². The van der Waals surface area contributed by atoms with Gasteiger partial charge in [-0.15, -0.1) is 0 Å². The molecule has 2 aliphatic heterocycles. The van der Waals surface area contributed by atoms with Crippen molar-refractivity contribution in [1.29, 1.82) is 0 Å². The number of hydrogen-bond donors (Lipinski definition) is 2. The van der Waals surface area contributed by atoms with E-state index < -0.39 is 24.4 Å². The van der Waals surface area contributed by atoms with Gasteiger partial charge in [0.2, 0.25) is 5.91 Å². The van der Waals surface area contributed by atoms with Crippen LogP contribution in [0.3, 0.4) is 0 Å². The van der Waals surface area contributed by atoms with E-state index in [1.54, 1.807) is 12.1 Å². The molecule has 0 saturated carbocycles. The van der Waals surface area contributed by atoms with Crippen molar-refractivity contribution >= 4 is 52.5 Å². The molecule has 2 aliphatic rings. The molecule has 0 unspecified atom stereocenters. The molecule has 4 rings (SSSR count). The molecular weight excluding hydrogens is 452 g/mol. The van der Waals surface area contributed by atoms with Crippen LogP contribution in [-0.2, 0) is 9.59 Å². The number of imide groups is 1. The third-order valence-corrected chi connectivity index (χ3v) is 6.53. The molecule has 0 aromatic heterocycles. The van der Waals surface area contributed by atoms with E-state index in [9.17, 15) is 14.4 Å². The Morgan fingerprint density at radius 2 is 1.91 bits per heavy atom. The van der Waals surface area contributed by atoms with Gasteiger partial charge in [-0.05, 0) is 74.7 Å². The summed E-state index contributed by atoms with van der Waals surface area (Å²) in [6.07, 6.45) is 3.73. The smallest absolute Gasteiger partial charge is 0.329 e. The van der Waals surface area contributed by atoms with Crippen molar-refractivity contribution in [3.63, 3.8) is 0 Å². The molecule has 2 heterocycles. The Morgan fingerprint density at radius 1 is 1.18 bits per heavy atom. The number of nitrogens with one attached hydrogen (secondary N) is 2. The first kappa shape index (κ1) is 23.6. The summed E-state index contributed by atoms with van der Waals surface area (Å²) in [5.74, 6) is -1.04. The molecule has 0 bridgehead atoms. The number of rotatable bonds is 4. The van der Waals surface area contributed by atoms with E-state index in [2.05, 4.69) is 35.5 Å². The predicted octanol–water partition coefficient (Wildman–Crippen LogP) is 4.81. The maximum absolute atomic E-state index is 12.9. The summed E-state index contributed by atoms with van der Waals surface area (Å²) in [6, 6.07) is 10.4. The van der Waals surface area contributed by atoms with E-state index in [0.29, 0.717) is 16.3 Å². The van der Waals surface area contributed by atoms with Crippen LogP contribution in [0.1, 0.15) is 37.5 Å². The molecule has 2 aromatic rings. The number of anilines is 2. The van der Waals surface area contributed by atoms with Crippen LogP contribution in [0.15, 0.2) is 48.2 Å². The molecule has 176 valence electrons. The highest BCUT2D eigenvalue weighted by molar-refractivity contribution is 6.32. The zero-order valence-electron chi connectivity index (χ0n) is 19.8. The number of fused-ring (bicyclic) bond motifs is 1. The highest BCUT2D eigenvalue weighted by Crippen LogP contribution is 2.41. The average Bonchev–Trinajstić information content (AvgIpc) is 3.00. The van der Waals surface area contributed by atoms with Crippen LogP contribution >= 0.6 is 11.6 Å². The van der Waals surface area contributed by atoms with Crippen LogP contribution in [0.5, 0.6) is 0 Å². The number of halogens is 1. The van der Waals surface area contributed by atoms with Crippen LogP contribution < -0.4 is 15.5 Å². The van der Waals surface area contributed by atoms with E-state index >= 15 is 0 Å². The fraction of sp³-hybridized carbons (Fsp3) is 0.269. The average molecular weight is 479 g/mol. The minimum absolute atomic E-state index is 0.0707. The van der Waals surface area contributed by atoms with Gasteiger partial charge < -0.3 is 15.5 Å². The zero-order valence-corrected chi connectivity index (χ0v) is 20.6. The molecule has 7 nitrogen and oxygen atoms in total. The highest BCUT2D eigenvalue weighted by Gasteiger charge is 2.35. The fourth-order valence-corrected chi connectivity index (χ4v) is 4.45. The maximum Gasteiger partial charge on any atom is 0.329 e. The molecule has 0 aliphatic carbocycles. The number of amides is 4. The van der Waals surface area contributed by atoms with Crippen molar-refractivity contribution in [1.82, 2.24) is 10.2 Å². The first-order chi connectivity index (χ1) is 16.0. The van der Waals surface area contributed by atoms with Gasteiger partial charge in [0.25, 0.3) is 5.91 Å². The van der Waals surface area contributed by atoms with Crippen molar-refractivity contribution in [3.8, 4) is 0 Å². The first-order valence-corrected chi connectivity index (χ1v) is 11.3. The lowest BCUT2D eigenvalue weighted by Crippen LogP contribution is -2.42. The van der Waals surface area contributed by atoms with Crippen LogP contribution in [-0.4, -0.2) is 41.9 Å². The Morgan fingerprint density at radius 3 is 2.62 bits per heavy atom. The number of hydrogen-bond acceptors (Lipinski definition) is 4. The Hall–Kier alpha value is -3.58. The number of carbonyl (C=O) groups excluding carboxylic acids is 3. The van der Waals surface area contributed by atoms with Crippen LogP contribution in [0.4, 0.5) is 16.2 Å². The Labute approximate surface area is 204 Å². The lowest BCUT2D eigenvalue weighted by atomic mass is 9.88. The van der Waals surface area contributed by atoms with Gasteiger partial charge in [0.1, 0.15) is 12.2 Å². The predicted molar refractivity (Wildman–Crippen MR) is 136 cm³/mol. The number of likely N-dealkylation sites (N-methyl/N-ethyl adjacent to an activating group) is 1. The number of urea groups is 1. The molecule has 0 radical (unpaired) electrons. The van der Waals surface area contributed by atoms with Crippen LogP contribution in [0.25, 0.3) is 11.6 Å². The highest BCUT2D eigenvalue weighted by atomic mass is 35.5. The monoisotopic (exact) mass is 478 g/mol. The molecule has 4 amide bonds. The summed E-state index contributed by atoms with van der Waals surface area (Å²) in [6.45, 7) is 7.80. The second kappa shape index (κ2) is 8.65. The Kier molecular flexibility index (Phi) is 6.00. The number of aryl methyl sites for hydroxylation is 1. The minimum atomic E-state index is -0.651. The second-order valence-electron chi connectivity index (χ2n) is 9.23. The molecule has 34 heavy (non-hydrogen) atoms. The quantitative estimate of drug-likeness (QED) is 0.488. The van der Waals surface area contributed by atoms with Gasteiger partial charge in [-0.25, -0.2) is 9.69 Å². The van der Waals surface area contributed by atoms with Crippen LogP contribution in [0, 0.1) is 6.92 Å². The molecule has 2 aromatic carbocycles. The van der Waals surface area contributed by atoms with Gasteiger partial charge in [-0.1, -0.05) is 29.8 Å². The van der Waals surface area contributed by atoms with Gasteiger partial charge in [0.15, 0.2) is 0 Å². The standard InChI is InChI=1S/C26H27ClN4O3/c1-15-7-6-8-18(9-15)28-23(32)14-31-24(33)21(29-25(31)34)11-17-10-19-16(2)13-26(3,4)30(5)22(19)12-20(17)27/h6-13H,14H2,1-5H3,(H,28,32)(H,29,34)/b21-11+. The Bertz CT molecular complexity index is 1280. The summed E-state index contributed by atoms with van der Waals surface area (Å²) in [5.41, 5.74) is 5.21. The van der Waals surface area contributed by atoms with E-state index in [1.165, 1.54) is 0 Å². The number of nitrogens with zero attached hydrogens (tertiary/aromatic N) is 2. The van der Waals surface area contributed by atoms with Gasteiger partial charge >= 0.3 is 6.03 Å². The fourth-order valence-electron chi connectivity index (χ4n) is 4.24. The van der Waals surface area contributed by atoms with Crippen molar-refractivity contribution in [2.75, 3.05) is 23.8 Å². The van der Waals surface area contributed by atoms with Crippen molar-refractivity contribution in [2.45, 2.75) is 33.2 Å². The largest absolute Gasteiger partial charge is 0.365 e. The second-order valence-corrected chi connectivity index (χ2v) is 9.64. The molecule has 0 atom stereocenters. The van der Waals surface area contributed by atoms with E-state index in [1.807, 2.05) is 51.2 Å². The maximum atomic E-state index is 12.9. The molecular formula is C26H27ClN4O3. The summed E-state index contributed by atoms with van der Waals surface area (Å²) in [7, 11) is 2.01. The number of carbonyl (C=O) groups is 3. The summed E-state index contributed by atoms with van der Waals surface area (Å²) in [4.78, 5) is 40.8. The molecule has 1 saturated heterocycles. The summed E-state index contributed by atoms with van der Waals surface area (Å²) < 4.78 is 0. The minimum Gasteiger partial charge on any atom is -0.365 e. The van der Waals surface area contributed by atoms with Gasteiger partial charge in [0.05, 0.1) is 5.54 Å². The lowest BCUT2D eigenvalue weighted by Gasteiger charge is -2.40. The Balaban J connectivity index is 1.56. The van der Waals surface area contributed by atoms with Gasteiger partial charge in [-0.3, -0.25) is 9.59 Å². The SMILES string of the molecule is CC1=CC(C)(C)N(C)c2cc(Cl)c(/C=C3/NC(=O)N(CC(=O)Nc4cccc(C)c4)C3=O)cc21. The summed E-state index contributed by atoms with van der Waals surface area (Å²) >= 11 is 6.56. The summed E-state index contributed by atoms with van der Waals surface area (Å²) in [5, 5.41) is 5.73. The molecule has 8 heteroatoms. The van der Waals surface area contributed by atoms with Crippen molar-refractivity contribution < 1.29 is 14.4 Å². The third-order valence-electron chi connectivity index (χ3n) is 6.20. The van der Waals surface area contributed by atoms with Crippen LogP contribution in [0.2, 0.25) is 5.02 Å². The molecule has 2 N–H and O–H groups in total.